The summed E-state index contributed by atoms with van der Waals surface area (Å²) >= 11 is 0. The van der Waals surface area contributed by atoms with Gasteiger partial charge in [-0.1, -0.05) is 18.2 Å². The van der Waals surface area contributed by atoms with E-state index in [0.29, 0.717) is 11.5 Å². The predicted octanol–water partition coefficient (Wildman–Crippen LogP) is 2.21. The largest absolute Gasteiger partial charge is 0.318 e. The molecular formula is C18H18N6O2. The number of nitrogens with one attached hydrogen (secondary N) is 2. The van der Waals surface area contributed by atoms with Crippen LogP contribution in [-0.2, 0) is 11.8 Å². The highest BCUT2D eigenvalue weighted by Crippen LogP contribution is 2.30. The lowest BCUT2D eigenvalue weighted by Gasteiger charge is -2.08. The number of aromatic nitrogens is 4. The van der Waals surface area contributed by atoms with Gasteiger partial charge < -0.3 is 10.6 Å². The number of carbonyl (C=O) groups excluding carboxylic acids is 2. The third-order valence-corrected chi connectivity index (χ3v) is 4.10. The Morgan fingerprint density at radius 2 is 1.92 bits per heavy atom. The van der Waals surface area contributed by atoms with Crippen molar-refractivity contribution in [1.82, 2.24) is 19.6 Å². The fourth-order valence-corrected chi connectivity index (χ4v) is 2.60. The van der Waals surface area contributed by atoms with E-state index < -0.39 is 0 Å². The molecule has 4 rings (SSSR count). The van der Waals surface area contributed by atoms with E-state index >= 15 is 0 Å². The topological polar surface area (TPSA) is 93.8 Å². The van der Waals surface area contributed by atoms with Crippen LogP contribution in [-0.4, -0.2) is 31.4 Å². The van der Waals surface area contributed by atoms with E-state index in [1.807, 2.05) is 30.3 Å². The first-order valence-corrected chi connectivity index (χ1v) is 8.36. The van der Waals surface area contributed by atoms with Crippen molar-refractivity contribution in [3.8, 4) is 5.69 Å². The van der Waals surface area contributed by atoms with Crippen LogP contribution in [0.15, 0.2) is 48.8 Å². The second-order valence-corrected chi connectivity index (χ2v) is 6.28. The molecule has 1 fully saturated rings. The SMILES string of the molecule is Cn1cc(NC(=O)c2cc(NC(=O)C3CC3)n(-c3ccccc3)n2)cn1. The van der Waals surface area contributed by atoms with Crippen molar-refractivity contribution in [2.45, 2.75) is 12.8 Å². The molecule has 0 spiro atoms. The Kier molecular flexibility index (Phi) is 4.00. The van der Waals surface area contributed by atoms with Gasteiger partial charge in [-0.2, -0.15) is 10.2 Å². The first-order chi connectivity index (χ1) is 12.6. The number of benzene rings is 1. The molecule has 2 amide bonds. The quantitative estimate of drug-likeness (QED) is 0.738. The monoisotopic (exact) mass is 350 g/mol. The van der Waals surface area contributed by atoms with Gasteiger partial charge in [0.05, 0.1) is 17.6 Å². The van der Waals surface area contributed by atoms with Crippen molar-refractivity contribution in [2.24, 2.45) is 13.0 Å². The van der Waals surface area contributed by atoms with Crippen molar-refractivity contribution >= 4 is 23.3 Å². The van der Waals surface area contributed by atoms with Crippen LogP contribution in [0.2, 0.25) is 0 Å². The Balaban J connectivity index is 1.63. The summed E-state index contributed by atoms with van der Waals surface area (Å²) in [5.41, 5.74) is 1.55. The third-order valence-electron chi connectivity index (χ3n) is 4.10. The summed E-state index contributed by atoms with van der Waals surface area (Å²) in [6.07, 6.45) is 5.06. The van der Waals surface area contributed by atoms with Crippen LogP contribution < -0.4 is 10.6 Å². The van der Waals surface area contributed by atoms with Gasteiger partial charge in [0.1, 0.15) is 5.82 Å². The maximum Gasteiger partial charge on any atom is 0.276 e. The van der Waals surface area contributed by atoms with E-state index in [2.05, 4.69) is 20.8 Å². The summed E-state index contributed by atoms with van der Waals surface area (Å²) in [7, 11) is 1.77. The van der Waals surface area contributed by atoms with Crippen LogP contribution in [0.1, 0.15) is 23.3 Å². The van der Waals surface area contributed by atoms with Gasteiger partial charge in [-0.15, -0.1) is 0 Å². The van der Waals surface area contributed by atoms with Crippen molar-refractivity contribution < 1.29 is 9.59 Å². The molecule has 1 aliphatic carbocycles. The molecule has 1 aromatic carbocycles. The number of anilines is 2. The summed E-state index contributed by atoms with van der Waals surface area (Å²) in [6, 6.07) is 11.0. The molecule has 132 valence electrons. The zero-order valence-electron chi connectivity index (χ0n) is 14.2. The molecule has 1 saturated carbocycles. The average molecular weight is 350 g/mol. The fourth-order valence-electron chi connectivity index (χ4n) is 2.60. The summed E-state index contributed by atoms with van der Waals surface area (Å²) in [5.74, 6) is 0.127. The van der Waals surface area contributed by atoms with Crippen molar-refractivity contribution in [1.29, 1.82) is 0 Å². The number of nitrogens with zero attached hydrogens (tertiary/aromatic N) is 4. The molecular weight excluding hydrogens is 332 g/mol. The Bertz CT molecular complexity index is 955. The molecule has 26 heavy (non-hydrogen) atoms. The Morgan fingerprint density at radius 3 is 2.58 bits per heavy atom. The highest BCUT2D eigenvalue weighted by Gasteiger charge is 2.30. The molecule has 0 unspecified atom stereocenters. The molecule has 3 aromatic rings. The normalized spacial score (nSPS) is 13.4. The van der Waals surface area contributed by atoms with E-state index in [4.69, 9.17) is 0 Å². The highest BCUT2D eigenvalue weighted by molar-refractivity contribution is 6.04. The van der Waals surface area contributed by atoms with Gasteiger partial charge in [0.15, 0.2) is 5.69 Å². The lowest BCUT2D eigenvalue weighted by molar-refractivity contribution is -0.117. The first-order valence-electron chi connectivity index (χ1n) is 8.36. The van der Waals surface area contributed by atoms with Crippen molar-refractivity contribution in [2.75, 3.05) is 10.6 Å². The van der Waals surface area contributed by atoms with Crippen LogP contribution in [0.25, 0.3) is 5.69 Å². The molecule has 2 N–H and O–H groups in total. The summed E-state index contributed by atoms with van der Waals surface area (Å²) in [4.78, 5) is 24.7. The lowest BCUT2D eigenvalue weighted by atomic mass is 10.3. The van der Waals surface area contributed by atoms with Crippen LogP contribution in [0.3, 0.4) is 0 Å². The maximum absolute atomic E-state index is 12.5. The summed E-state index contributed by atoms with van der Waals surface area (Å²) in [5, 5.41) is 14.0. The van der Waals surface area contributed by atoms with E-state index in [1.54, 1.807) is 34.9 Å². The Hall–Kier alpha value is -3.42. The molecule has 0 aliphatic heterocycles. The number of hydrogen-bond acceptors (Lipinski definition) is 4. The van der Waals surface area contributed by atoms with Crippen LogP contribution >= 0.6 is 0 Å². The van der Waals surface area contributed by atoms with Gasteiger partial charge in [0.25, 0.3) is 5.91 Å². The number of para-hydroxylation sites is 1. The third kappa shape index (κ3) is 3.34. The predicted molar refractivity (Wildman–Crippen MR) is 96.1 cm³/mol. The highest BCUT2D eigenvalue weighted by atomic mass is 16.2. The molecule has 0 bridgehead atoms. The summed E-state index contributed by atoms with van der Waals surface area (Å²) in [6.45, 7) is 0. The molecule has 8 heteroatoms. The number of aryl methyl sites for hydroxylation is 1. The van der Waals surface area contributed by atoms with E-state index in [0.717, 1.165) is 18.5 Å². The Labute approximate surface area is 149 Å². The molecule has 0 radical (unpaired) electrons. The average Bonchev–Trinajstić information content (AvgIpc) is 3.30. The number of hydrogen-bond donors (Lipinski definition) is 2. The van der Waals surface area contributed by atoms with E-state index in [1.165, 1.54) is 0 Å². The first kappa shape index (κ1) is 16.1. The number of rotatable bonds is 5. The molecule has 0 saturated heterocycles. The van der Waals surface area contributed by atoms with Crippen LogP contribution in [0, 0.1) is 5.92 Å². The molecule has 8 nitrogen and oxygen atoms in total. The van der Waals surface area contributed by atoms with Gasteiger partial charge >= 0.3 is 0 Å². The number of amides is 2. The smallest absolute Gasteiger partial charge is 0.276 e. The van der Waals surface area contributed by atoms with Gasteiger partial charge in [-0.3, -0.25) is 14.3 Å². The van der Waals surface area contributed by atoms with E-state index in [9.17, 15) is 9.59 Å². The molecule has 0 atom stereocenters. The van der Waals surface area contributed by atoms with Gasteiger partial charge in [0.2, 0.25) is 5.91 Å². The molecule has 2 aromatic heterocycles. The maximum atomic E-state index is 12.5. The van der Waals surface area contributed by atoms with E-state index in [-0.39, 0.29) is 23.4 Å². The summed E-state index contributed by atoms with van der Waals surface area (Å²) < 4.78 is 3.16. The Morgan fingerprint density at radius 1 is 1.15 bits per heavy atom. The zero-order chi connectivity index (χ0) is 18.1. The minimum Gasteiger partial charge on any atom is -0.318 e. The van der Waals surface area contributed by atoms with Gasteiger partial charge in [-0.05, 0) is 25.0 Å². The zero-order valence-corrected chi connectivity index (χ0v) is 14.2. The second-order valence-electron chi connectivity index (χ2n) is 6.28. The van der Waals surface area contributed by atoms with Crippen LogP contribution in [0.4, 0.5) is 11.5 Å². The second kappa shape index (κ2) is 6.47. The van der Waals surface area contributed by atoms with Crippen molar-refractivity contribution in [3.05, 3.63) is 54.5 Å². The van der Waals surface area contributed by atoms with Gasteiger partial charge in [0, 0.05) is 25.2 Å². The number of carbonyl (C=O) groups is 2. The minimum atomic E-state index is -0.366. The van der Waals surface area contributed by atoms with Crippen LogP contribution in [0.5, 0.6) is 0 Å². The minimum absolute atomic E-state index is 0.0405. The molecule has 1 aliphatic rings. The standard InChI is InChI=1S/C18H18N6O2/c1-23-11-13(10-19-23)20-18(26)15-9-16(21-17(25)12-7-8-12)24(22-15)14-5-3-2-4-6-14/h2-6,9-12H,7-8H2,1H3,(H,20,26)(H,21,25). The van der Waals surface area contributed by atoms with Gasteiger partial charge in [-0.25, -0.2) is 4.68 Å². The van der Waals surface area contributed by atoms with Crippen molar-refractivity contribution in [3.63, 3.8) is 0 Å². The molecule has 2 heterocycles. The lowest BCUT2D eigenvalue weighted by Crippen LogP contribution is -2.16. The fraction of sp³-hybridized carbons (Fsp3) is 0.222.